The number of benzene rings is 3. The molecule has 4 rings (SSSR count). The Morgan fingerprint density at radius 1 is 0.971 bits per heavy atom. The van der Waals surface area contributed by atoms with Crippen LogP contribution in [0.3, 0.4) is 0 Å². The van der Waals surface area contributed by atoms with E-state index in [1.165, 1.54) is 4.90 Å². The highest BCUT2D eigenvalue weighted by Gasteiger charge is 2.45. The number of carbonyl (C=O) groups excluding carboxylic acids is 2. The van der Waals surface area contributed by atoms with Gasteiger partial charge in [-0.05, 0) is 41.3 Å². The zero-order chi connectivity index (χ0) is 24.3. The Morgan fingerprint density at radius 3 is 2.12 bits per heavy atom. The van der Waals surface area contributed by atoms with Crippen LogP contribution in [-0.2, 0) is 4.79 Å². The van der Waals surface area contributed by atoms with Crippen molar-refractivity contribution in [3.8, 4) is 0 Å². The van der Waals surface area contributed by atoms with Crippen LogP contribution >= 0.6 is 11.6 Å². The van der Waals surface area contributed by atoms with Gasteiger partial charge in [-0.25, -0.2) is 0 Å². The fraction of sp³-hybridized carbons (Fsp3) is 0.231. The molecule has 0 aromatic heterocycles. The van der Waals surface area contributed by atoms with Gasteiger partial charge in [0.25, 0.3) is 5.91 Å². The summed E-state index contributed by atoms with van der Waals surface area (Å²) in [5.41, 5.74) is 2.38. The number of alkyl halides is 3. The van der Waals surface area contributed by atoms with Crippen molar-refractivity contribution in [2.24, 2.45) is 0 Å². The van der Waals surface area contributed by atoms with Crippen LogP contribution < -0.4 is 5.32 Å². The third kappa shape index (κ3) is 5.09. The molecule has 8 heteroatoms. The van der Waals surface area contributed by atoms with Crippen LogP contribution in [0.25, 0.3) is 0 Å². The quantitative estimate of drug-likeness (QED) is 0.411. The Bertz CT molecular complexity index is 1130. The van der Waals surface area contributed by atoms with E-state index in [-0.39, 0.29) is 18.9 Å². The summed E-state index contributed by atoms with van der Waals surface area (Å²) in [5.74, 6) is -0.895. The second kappa shape index (κ2) is 9.89. The summed E-state index contributed by atoms with van der Waals surface area (Å²) >= 11 is 6.19. The summed E-state index contributed by atoms with van der Waals surface area (Å²) < 4.78 is 37.6. The summed E-state index contributed by atoms with van der Waals surface area (Å²) in [7, 11) is 0. The van der Waals surface area contributed by atoms with E-state index < -0.39 is 30.6 Å². The van der Waals surface area contributed by atoms with Gasteiger partial charge >= 0.3 is 6.18 Å². The number of fused-ring (bicyclic) bond motifs is 1. The van der Waals surface area contributed by atoms with Crippen molar-refractivity contribution in [3.05, 3.63) is 106 Å². The molecule has 0 saturated heterocycles. The second-order valence-corrected chi connectivity index (χ2v) is 8.52. The van der Waals surface area contributed by atoms with Crippen molar-refractivity contribution < 1.29 is 22.8 Å². The molecule has 1 N–H and O–H groups in total. The van der Waals surface area contributed by atoms with Gasteiger partial charge in [0.15, 0.2) is 0 Å². The number of nitrogens with zero attached hydrogens (tertiary/aromatic N) is 1. The monoisotopic (exact) mass is 486 g/mol. The predicted octanol–water partition coefficient (Wildman–Crippen LogP) is 6.09. The van der Waals surface area contributed by atoms with E-state index >= 15 is 0 Å². The van der Waals surface area contributed by atoms with Crippen molar-refractivity contribution >= 4 is 23.4 Å². The first-order chi connectivity index (χ1) is 16.3. The molecule has 0 aliphatic carbocycles. The van der Waals surface area contributed by atoms with Crippen molar-refractivity contribution in [2.75, 3.05) is 6.54 Å². The molecule has 3 aromatic rings. The average molecular weight is 487 g/mol. The zero-order valence-electron chi connectivity index (χ0n) is 18.1. The molecular formula is C26H22ClF3N2O2. The smallest absolute Gasteiger partial charge is 0.354 e. The van der Waals surface area contributed by atoms with Gasteiger partial charge in [0.05, 0.1) is 6.04 Å². The molecule has 0 fully saturated rings. The standard InChI is InChI=1S/C26H22ClF3N2O2/c27-19-12-13-20-21(16-19)23(24(33)31-15-7-14-26(28,29)30)32(25(20)34)22(17-8-3-1-4-9-17)18-10-5-2-6-11-18/h1-6,8-13,16,22-23H,7,14-15H2,(H,31,33). The molecule has 1 heterocycles. The maximum atomic E-state index is 13.6. The molecule has 176 valence electrons. The van der Waals surface area contributed by atoms with Gasteiger partial charge in [0.2, 0.25) is 5.91 Å². The van der Waals surface area contributed by atoms with Crippen molar-refractivity contribution in [3.63, 3.8) is 0 Å². The number of carbonyl (C=O) groups is 2. The Morgan fingerprint density at radius 2 is 1.56 bits per heavy atom. The van der Waals surface area contributed by atoms with Gasteiger partial charge in [-0.1, -0.05) is 72.3 Å². The van der Waals surface area contributed by atoms with Crippen LogP contribution in [0.2, 0.25) is 5.02 Å². The number of halogens is 4. The minimum atomic E-state index is -4.30. The van der Waals surface area contributed by atoms with Crippen molar-refractivity contribution in [1.82, 2.24) is 10.2 Å². The number of amides is 2. The summed E-state index contributed by atoms with van der Waals surface area (Å²) in [6.07, 6.45) is -5.55. The SMILES string of the molecule is O=C(NCCCC(F)(F)F)C1c2cc(Cl)ccc2C(=O)N1C(c1ccccc1)c1ccccc1. The molecule has 0 saturated carbocycles. The van der Waals surface area contributed by atoms with Crippen LogP contribution in [0.15, 0.2) is 78.9 Å². The fourth-order valence-corrected chi connectivity index (χ4v) is 4.46. The predicted molar refractivity (Wildman–Crippen MR) is 123 cm³/mol. The molecule has 1 aliphatic rings. The van der Waals surface area contributed by atoms with Gasteiger partial charge in [-0.2, -0.15) is 13.2 Å². The third-order valence-corrected chi connectivity index (χ3v) is 5.98. The molecule has 4 nitrogen and oxygen atoms in total. The number of hydrogen-bond donors (Lipinski definition) is 1. The minimum absolute atomic E-state index is 0.159. The van der Waals surface area contributed by atoms with Crippen LogP contribution in [0.5, 0.6) is 0 Å². The molecule has 1 atom stereocenters. The highest BCUT2D eigenvalue weighted by molar-refractivity contribution is 6.31. The van der Waals surface area contributed by atoms with Gasteiger partial charge in [0, 0.05) is 23.6 Å². The molecule has 0 bridgehead atoms. The largest absolute Gasteiger partial charge is 0.389 e. The highest BCUT2D eigenvalue weighted by atomic mass is 35.5. The first kappa shape index (κ1) is 23.8. The third-order valence-electron chi connectivity index (χ3n) is 5.74. The lowest BCUT2D eigenvalue weighted by atomic mass is 9.95. The van der Waals surface area contributed by atoms with E-state index in [0.717, 1.165) is 11.1 Å². The molecule has 0 radical (unpaired) electrons. The lowest BCUT2D eigenvalue weighted by Gasteiger charge is -2.33. The zero-order valence-corrected chi connectivity index (χ0v) is 18.8. The van der Waals surface area contributed by atoms with Gasteiger partial charge in [-0.3, -0.25) is 9.59 Å². The molecule has 1 unspecified atom stereocenters. The lowest BCUT2D eigenvalue weighted by molar-refractivity contribution is -0.136. The van der Waals surface area contributed by atoms with Gasteiger partial charge in [-0.15, -0.1) is 0 Å². The normalized spacial score (nSPS) is 15.5. The highest BCUT2D eigenvalue weighted by Crippen LogP contribution is 2.43. The maximum Gasteiger partial charge on any atom is 0.389 e. The fourth-order valence-electron chi connectivity index (χ4n) is 4.28. The topological polar surface area (TPSA) is 49.4 Å². The average Bonchev–Trinajstić information content (AvgIpc) is 3.09. The summed E-state index contributed by atoms with van der Waals surface area (Å²) in [5, 5.41) is 2.95. The molecule has 3 aromatic carbocycles. The molecule has 34 heavy (non-hydrogen) atoms. The molecule has 0 spiro atoms. The Labute approximate surface area is 200 Å². The number of hydrogen-bond acceptors (Lipinski definition) is 2. The van der Waals surface area contributed by atoms with Crippen molar-refractivity contribution in [1.29, 1.82) is 0 Å². The summed E-state index contributed by atoms with van der Waals surface area (Å²) in [4.78, 5) is 28.5. The Balaban J connectivity index is 1.74. The maximum absolute atomic E-state index is 13.6. The van der Waals surface area contributed by atoms with Crippen LogP contribution in [0.1, 0.15) is 52.0 Å². The van der Waals surface area contributed by atoms with Crippen LogP contribution in [-0.4, -0.2) is 29.4 Å². The number of rotatable bonds is 7. The lowest BCUT2D eigenvalue weighted by Crippen LogP contribution is -2.41. The molecule has 2 amide bonds. The van der Waals surface area contributed by atoms with Crippen LogP contribution in [0, 0.1) is 0 Å². The number of nitrogens with one attached hydrogen (secondary N) is 1. The molecule has 1 aliphatic heterocycles. The van der Waals surface area contributed by atoms with Gasteiger partial charge < -0.3 is 10.2 Å². The van der Waals surface area contributed by atoms with Crippen LogP contribution in [0.4, 0.5) is 13.2 Å². The molecular weight excluding hydrogens is 465 g/mol. The summed E-state index contributed by atoms with van der Waals surface area (Å²) in [6.45, 7) is -0.159. The Hall–Kier alpha value is -3.32. The van der Waals surface area contributed by atoms with E-state index in [4.69, 9.17) is 11.6 Å². The van der Waals surface area contributed by atoms with E-state index in [1.807, 2.05) is 60.7 Å². The first-order valence-electron chi connectivity index (χ1n) is 10.8. The van der Waals surface area contributed by atoms with Gasteiger partial charge in [0.1, 0.15) is 6.04 Å². The summed E-state index contributed by atoms with van der Waals surface area (Å²) in [6, 6.07) is 21.7. The van der Waals surface area contributed by atoms with Crippen molar-refractivity contribution in [2.45, 2.75) is 31.1 Å². The van der Waals surface area contributed by atoms with E-state index in [9.17, 15) is 22.8 Å². The first-order valence-corrected chi connectivity index (χ1v) is 11.2. The Kier molecular flexibility index (Phi) is 6.93. The van der Waals surface area contributed by atoms with E-state index in [0.29, 0.717) is 16.1 Å². The van der Waals surface area contributed by atoms with E-state index in [1.54, 1.807) is 18.2 Å². The minimum Gasteiger partial charge on any atom is -0.354 e. The van der Waals surface area contributed by atoms with E-state index in [2.05, 4.69) is 5.32 Å². The second-order valence-electron chi connectivity index (χ2n) is 8.08.